The fourth-order valence-corrected chi connectivity index (χ4v) is 3.50. The monoisotopic (exact) mass is 374 g/mol. The molecule has 0 radical (unpaired) electrons. The molecule has 0 aromatic heterocycles. The summed E-state index contributed by atoms with van der Waals surface area (Å²) in [6.45, 7) is 9.30. The van der Waals surface area contributed by atoms with E-state index in [1.807, 2.05) is 65.0 Å². The minimum atomic E-state index is -0.525. The van der Waals surface area contributed by atoms with Gasteiger partial charge in [0.25, 0.3) is 0 Å². The number of hydrogen-bond acceptors (Lipinski definition) is 4. The fourth-order valence-electron chi connectivity index (χ4n) is 2.56. The summed E-state index contributed by atoms with van der Waals surface area (Å²) in [5.41, 5.74) is 0.270. The van der Waals surface area contributed by atoms with Crippen molar-refractivity contribution in [2.24, 2.45) is 5.41 Å². The third-order valence-corrected chi connectivity index (χ3v) is 5.04. The Morgan fingerprint density at radius 2 is 1.85 bits per heavy atom. The molecular formula is C20H26N2O3S. The molecule has 140 valence electrons. The molecule has 2 amide bonds. The van der Waals surface area contributed by atoms with Crippen LogP contribution in [0.3, 0.4) is 0 Å². The lowest BCUT2D eigenvalue weighted by atomic mass is 9.91. The van der Waals surface area contributed by atoms with Crippen molar-refractivity contribution in [1.82, 2.24) is 4.90 Å². The van der Waals surface area contributed by atoms with Crippen LogP contribution in [-0.4, -0.2) is 40.8 Å². The van der Waals surface area contributed by atoms with Gasteiger partial charge >= 0.3 is 0 Å². The third-order valence-electron chi connectivity index (χ3n) is 4.02. The zero-order valence-corrected chi connectivity index (χ0v) is 16.8. The van der Waals surface area contributed by atoms with Gasteiger partial charge in [-0.05, 0) is 26.0 Å². The average molecular weight is 375 g/mol. The van der Waals surface area contributed by atoms with Crippen molar-refractivity contribution in [3.63, 3.8) is 0 Å². The Labute approximate surface area is 159 Å². The van der Waals surface area contributed by atoms with Crippen molar-refractivity contribution in [2.75, 3.05) is 17.2 Å². The number of carbonyl (C=O) groups excluding carboxylic acids is 3. The molecule has 1 aliphatic heterocycles. The standard InChI is InChI=1S/C20H26N2O3S/c1-14(2)22(15-9-7-6-8-10-15)17(24)12-21-18(25)13-26-19(21)11-16(23)20(3,4)5/h6-11,14H,12-13H2,1-5H3/b19-11-. The summed E-state index contributed by atoms with van der Waals surface area (Å²) in [4.78, 5) is 40.6. The largest absolute Gasteiger partial charge is 0.308 e. The molecule has 1 aromatic rings. The van der Waals surface area contributed by atoms with E-state index in [0.717, 1.165) is 5.69 Å². The summed E-state index contributed by atoms with van der Waals surface area (Å²) >= 11 is 1.31. The van der Waals surface area contributed by atoms with Crippen LogP contribution >= 0.6 is 11.8 Å². The summed E-state index contributed by atoms with van der Waals surface area (Å²) in [6.07, 6.45) is 1.49. The summed E-state index contributed by atoms with van der Waals surface area (Å²) in [5.74, 6) is -0.121. The number of thioether (sulfide) groups is 1. The highest BCUT2D eigenvalue weighted by molar-refractivity contribution is 8.04. The Kier molecular flexibility index (Phi) is 6.29. The first-order chi connectivity index (χ1) is 12.1. The molecule has 1 aliphatic rings. The van der Waals surface area contributed by atoms with E-state index in [-0.39, 0.29) is 35.9 Å². The number of allylic oxidation sites excluding steroid dienone is 1. The van der Waals surface area contributed by atoms with E-state index in [2.05, 4.69) is 0 Å². The van der Waals surface area contributed by atoms with E-state index in [4.69, 9.17) is 0 Å². The molecule has 0 atom stereocenters. The molecule has 5 nitrogen and oxygen atoms in total. The lowest BCUT2D eigenvalue weighted by Gasteiger charge is -2.29. The van der Waals surface area contributed by atoms with Crippen molar-refractivity contribution in [1.29, 1.82) is 0 Å². The van der Waals surface area contributed by atoms with Crippen molar-refractivity contribution < 1.29 is 14.4 Å². The second-order valence-corrected chi connectivity index (χ2v) is 8.55. The van der Waals surface area contributed by atoms with Crippen LogP contribution in [-0.2, 0) is 14.4 Å². The van der Waals surface area contributed by atoms with E-state index in [1.54, 1.807) is 4.90 Å². The molecule has 1 aromatic carbocycles. The van der Waals surface area contributed by atoms with Gasteiger partial charge in [-0.2, -0.15) is 0 Å². The molecule has 2 rings (SSSR count). The molecule has 1 fully saturated rings. The van der Waals surface area contributed by atoms with Gasteiger partial charge in [-0.25, -0.2) is 0 Å². The van der Waals surface area contributed by atoms with Crippen molar-refractivity contribution in [3.05, 3.63) is 41.4 Å². The normalized spacial score (nSPS) is 16.5. The maximum Gasteiger partial charge on any atom is 0.247 e. The van der Waals surface area contributed by atoms with E-state index >= 15 is 0 Å². The summed E-state index contributed by atoms with van der Waals surface area (Å²) < 4.78 is 0. The van der Waals surface area contributed by atoms with E-state index in [0.29, 0.717) is 5.03 Å². The number of nitrogens with zero attached hydrogens (tertiary/aromatic N) is 2. The maximum atomic E-state index is 12.9. The van der Waals surface area contributed by atoms with Crippen LogP contribution in [0.4, 0.5) is 5.69 Å². The molecule has 0 unspecified atom stereocenters. The van der Waals surface area contributed by atoms with E-state index in [1.165, 1.54) is 22.7 Å². The highest BCUT2D eigenvalue weighted by Gasteiger charge is 2.32. The first-order valence-electron chi connectivity index (χ1n) is 8.67. The molecular weight excluding hydrogens is 348 g/mol. The second kappa shape index (κ2) is 8.08. The number of anilines is 1. The zero-order valence-electron chi connectivity index (χ0n) is 16.0. The molecule has 26 heavy (non-hydrogen) atoms. The summed E-state index contributed by atoms with van der Waals surface area (Å²) in [6, 6.07) is 9.35. The van der Waals surface area contributed by atoms with E-state index < -0.39 is 5.41 Å². The van der Waals surface area contributed by atoms with Gasteiger partial charge in [0.1, 0.15) is 6.54 Å². The van der Waals surface area contributed by atoms with Gasteiger partial charge in [-0.3, -0.25) is 19.3 Å². The smallest absolute Gasteiger partial charge is 0.247 e. The first kappa shape index (κ1) is 20.2. The van der Waals surface area contributed by atoms with Gasteiger partial charge in [0.15, 0.2) is 5.78 Å². The maximum absolute atomic E-state index is 12.9. The van der Waals surface area contributed by atoms with Crippen LogP contribution in [0.1, 0.15) is 34.6 Å². The number of ketones is 1. The molecule has 0 N–H and O–H groups in total. The van der Waals surface area contributed by atoms with Crippen LogP contribution < -0.4 is 4.90 Å². The quantitative estimate of drug-likeness (QED) is 0.741. The van der Waals surface area contributed by atoms with E-state index in [9.17, 15) is 14.4 Å². The number of hydrogen-bond donors (Lipinski definition) is 0. The number of benzene rings is 1. The fraction of sp³-hybridized carbons (Fsp3) is 0.450. The highest BCUT2D eigenvalue weighted by atomic mass is 32.2. The Morgan fingerprint density at radius 3 is 2.38 bits per heavy atom. The van der Waals surface area contributed by atoms with Crippen molar-refractivity contribution >= 4 is 35.0 Å². The highest BCUT2D eigenvalue weighted by Crippen LogP contribution is 2.31. The number of rotatable bonds is 5. The average Bonchev–Trinajstić information content (AvgIpc) is 2.88. The Hall–Kier alpha value is -2.08. The Balaban J connectivity index is 2.23. The second-order valence-electron chi connectivity index (χ2n) is 7.56. The molecule has 1 saturated heterocycles. The van der Waals surface area contributed by atoms with Crippen molar-refractivity contribution in [2.45, 2.75) is 40.7 Å². The Morgan fingerprint density at radius 1 is 1.23 bits per heavy atom. The summed E-state index contributed by atoms with van der Waals surface area (Å²) in [7, 11) is 0. The molecule has 0 saturated carbocycles. The molecule has 1 heterocycles. The van der Waals surface area contributed by atoms with Crippen LogP contribution in [0.5, 0.6) is 0 Å². The molecule has 0 bridgehead atoms. The van der Waals surface area contributed by atoms with Gasteiger partial charge in [-0.1, -0.05) is 50.7 Å². The lowest BCUT2D eigenvalue weighted by Crippen LogP contribution is -2.44. The van der Waals surface area contributed by atoms with Crippen LogP contribution in [0.25, 0.3) is 0 Å². The van der Waals surface area contributed by atoms with Crippen LogP contribution in [0.15, 0.2) is 41.4 Å². The SMILES string of the molecule is CC(C)N(C(=O)CN1C(=O)CS/C1=C\C(=O)C(C)(C)C)c1ccccc1. The minimum Gasteiger partial charge on any atom is -0.308 e. The first-order valence-corrected chi connectivity index (χ1v) is 9.66. The number of amides is 2. The molecule has 6 heteroatoms. The van der Waals surface area contributed by atoms with Gasteiger partial charge in [-0.15, -0.1) is 0 Å². The van der Waals surface area contributed by atoms with Crippen LogP contribution in [0.2, 0.25) is 0 Å². The number of para-hydroxylation sites is 1. The van der Waals surface area contributed by atoms with Crippen molar-refractivity contribution in [3.8, 4) is 0 Å². The zero-order chi connectivity index (χ0) is 19.5. The third kappa shape index (κ3) is 4.75. The molecule has 0 spiro atoms. The number of carbonyl (C=O) groups is 3. The van der Waals surface area contributed by atoms with Gasteiger partial charge in [0.2, 0.25) is 11.8 Å². The van der Waals surface area contributed by atoms with Crippen LogP contribution in [0, 0.1) is 5.41 Å². The molecule has 0 aliphatic carbocycles. The topological polar surface area (TPSA) is 57.7 Å². The summed E-state index contributed by atoms with van der Waals surface area (Å²) in [5, 5.41) is 0.556. The predicted octanol–water partition coefficient (Wildman–Crippen LogP) is 3.46. The lowest BCUT2D eigenvalue weighted by molar-refractivity contribution is -0.130. The van der Waals surface area contributed by atoms with Gasteiger partial charge < -0.3 is 4.90 Å². The van der Waals surface area contributed by atoms with Gasteiger partial charge in [0.05, 0.1) is 10.8 Å². The Bertz CT molecular complexity index is 720. The minimum absolute atomic E-state index is 0.0427. The van der Waals surface area contributed by atoms with Gasteiger partial charge in [0, 0.05) is 23.2 Å². The predicted molar refractivity (Wildman–Crippen MR) is 106 cm³/mol.